The Bertz CT molecular complexity index is 969. The van der Waals surface area contributed by atoms with Crippen LogP contribution in [-0.2, 0) is 9.59 Å². The fourth-order valence-electron chi connectivity index (χ4n) is 2.94. The van der Waals surface area contributed by atoms with Crippen LogP contribution >= 0.6 is 0 Å². The van der Waals surface area contributed by atoms with Crippen molar-refractivity contribution in [3.8, 4) is 11.4 Å². The van der Waals surface area contributed by atoms with Crippen LogP contribution in [0.1, 0.15) is 12.5 Å². The molecule has 1 fully saturated rings. The van der Waals surface area contributed by atoms with Gasteiger partial charge >= 0.3 is 5.97 Å². The van der Waals surface area contributed by atoms with Gasteiger partial charge in [0, 0.05) is 23.7 Å². The van der Waals surface area contributed by atoms with Crippen molar-refractivity contribution < 1.29 is 14.7 Å². The Kier molecular flexibility index (Phi) is 3.60. The van der Waals surface area contributed by atoms with Gasteiger partial charge in [-0.05, 0) is 35.9 Å². The van der Waals surface area contributed by atoms with Crippen LogP contribution in [0.3, 0.4) is 0 Å². The molecule has 0 bridgehead atoms. The molecule has 1 saturated heterocycles. The number of rotatable bonds is 4. The quantitative estimate of drug-likeness (QED) is 0.746. The molecule has 4 rings (SSSR count). The Morgan fingerprint density at radius 1 is 1.32 bits per heavy atom. The fraction of sp³-hybridized carbons (Fsp3) is 0.250. The molecule has 9 heteroatoms. The first-order valence-electron chi connectivity index (χ1n) is 7.77. The predicted octanol–water partition coefficient (Wildman–Crippen LogP) is 0.746. The number of carboxylic acid groups (broad SMARTS) is 1. The average molecular weight is 338 g/mol. The van der Waals surface area contributed by atoms with Gasteiger partial charge < -0.3 is 10.0 Å². The molecule has 0 radical (unpaired) electrons. The van der Waals surface area contributed by atoms with E-state index in [1.165, 1.54) is 9.70 Å². The second kappa shape index (κ2) is 5.93. The summed E-state index contributed by atoms with van der Waals surface area (Å²) in [6, 6.07) is 8.83. The molecule has 1 atom stereocenters. The summed E-state index contributed by atoms with van der Waals surface area (Å²) in [5, 5.41) is 22.1. The molecule has 3 aromatic rings. The number of amides is 1. The number of hydrogen-bond donors (Lipinski definition) is 1. The second-order valence-corrected chi connectivity index (χ2v) is 5.80. The lowest BCUT2D eigenvalue weighted by Crippen LogP contribution is -2.33. The summed E-state index contributed by atoms with van der Waals surface area (Å²) in [7, 11) is 0. The standard InChI is InChI=1S/C16H14N6O3/c23-14(24)9-21-7-5-13(16(21)25)22-19-15(18-20-22)11-3-4-12-10(8-11)2-1-6-17-12/h1-4,6,8,13H,5,7,9H2,(H,23,24). The molecule has 1 unspecified atom stereocenters. The number of aromatic nitrogens is 5. The second-order valence-electron chi connectivity index (χ2n) is 5.80. The zero-order chi connectivity index (χ0) is 17.4. The first-order chi connectivity index (χ1) is 12.1. The molecule has 0 aliphatic carbocycles. The SMILES string of the molecule is O=C(O)CN1CCC(n2nnc(-c3ccc4ncccc4c3)n2)C1=O. The Hall–Kier alpha value is -3.36. The summed E-state index contributed by atoms with van der Waals surface area (Å²) in [4.78, 5) is 29.9. The topological polar surface area (TPSA) is 114 Å². The highest BCUT2D eigenvalue weighted by Gasteiger charge is 2.35. The minimum Gasteiger partial charge on any atom is -0.480 e. The highest BCUT2D eigenvalue weighted by atomic mass is 16.4. The number of benzene rings is 1. The number of fused-ring (bicyclic) bond motifs is 1. The van der Waals surface area contributed by atoms with Crippen LogP contribution in [0.2, 0.25) is 0 Å². The van der Waals surface area contributed by atoms with E-state index in [9.17, 15) is 9.59 Å². The van der Waals surface area contributed by atoms with Crippen LogP contribution in [0.5, 0.6) is 0 Å². The van der Waals surface area contributed by atoms with Crippen LogP contribution in [0.15, 0.2) is 36.5 Å². The smallest absolute Gasteiger partial charge is 0.323 e. The van der Waals surface area contributed by atoms with E-state index in [1.807, 2.05) is 30.3 Å². The number of aliphatic carboxylic acids is 1. The van der Waals surface area contributed by atoms with Crippen molar-refractivity contribution in [1.29, 1.82) is 0 Å². The number of nitrogens with zero attached hydrogens (tertiary/aromatic N) is 6. The molecule has 1 aliphatic rings. The van der Waals surface area contributed by atoms with Gasteiger partial charge in [0.25, 0.3) is 0 Å². The summed E-state index contributed by atoms with van der Waals surface area (Å²) in [6.45, 7) is 0.0584. The van der Waals surface area contributed by atoms with Gasteiger partial charge in [0.15, 0.2) is 6.04 Å². The Morgan fingerprint density at radius 2 is 2.20 bits per heavy atom. The lowest BCUT2D eigenvalue weighted by Gasteiger charge is -2.12. The first kappa shape index (κ1) is 15.2. The molecule has 0 spiro atoms. The van der Waals surface area contributed by atoms with E-state index in [1.54, 1.807) is 6.20 Å². The van der Waals surface area contributed by atoms with Crippen LogP contribution in [0.25, 0.3) is 22.3 Å². The number of carboxylic acids is 1. The van der Waals surface area contributed by atoms with E-state index >= 15 is 0 Å². The summed E-state index contributed by atoms with van der Waals surface area (Å²) in [5.74, 6) is -0.921. The minimum absolute atomic E-state index is 0.297. The number of likely N-dealkylation sites (tertiary alicyclic amines) is 1. The molecule has 1 aliphatic heterocycles. The summed E-state index contributed by atoms with van der Waals surface area (Å²) < 4.78 is 0. The maximum atomic E-state index is 12.3. The predicted molar refractivity (Wildman–Crippen MR) is 86.4 cm³/mol. The van der Waals surface area contributed by atoms with Crippen LogP contribution in [0.4, 0.5) is 0 Å². The molecule has 0 saturated carbocycles. The van der Waals surface area contributed by atoms with Crippen LogP contribution in [0, 0.1) is 0 Å². The van der Waals surface area contributed by atoms with Crippen molar-refractivity contribution in [3.63, 3.8) is 0 Å². The van der Waals surface area contributed by atoms with Crippen molar-refractivity contribution in [2.24, 2.45) is 0 Å². The minimum atomic E-state index is -1.04. The number of pyridine rings is 1. The third-order valence-corrected chi connectivity index (χ3v) is 4.16. The molecule has 3 heterocycles. The highest BCUT2D eigenvalue weighted by Crippen LogP contribution is 2.24. The van der Waals surface area contributed by atoms with Gasteiger partial charge in [-0.1, -0.05) is 6.07 Å². The van der Waals surface area contributed by atoms with Gasteiger partial charge in [0.2, 0.25) is 11.7 Å². The van der Waals surface area contributed by atoms with Crippen LogP contribution < -0.4 is 0 Å². The van der Waals surface area contributed by atoms with E-state index in [0.29, 0.717) is 18.8 Å². The van der Waals surface area contributed by atoms with Gasteiger partial charge in [-0.2, -0.15) is 4.80 Å². The molecule has 9 nitrogen and oxygen atoms in total. The fourth-order valence-corrected chi connectivity index (χ4v) is 2.94. The van der Waals surface area contributed by atoms with Gasteiger partial charge in [-0.25, -0.2) is 0 Å². The Morgan fingerprint density at radius 3 is 3.04 bits per heavy atom. The molecular formula is C16H14N6O3. The van der Waals surface area contributed by atoms with Crippen LogP contribution in [-0.4, -0.2) is 60.2 Å². The van der Waals surface area contributed by atoms with Crippen molar-refractivity contribution in [3.05, 3.63) is 36.5 Å². The average Bonchev–Trinajstić information content (AvgIpc) is 3.22. The van der Waals surface area contributed by atoms with Crippen molar-refractivity contribution in [2.45, 2.75) is 12.5 Å². The summed E-state index contributed by atoms with van der Waals surface area (Å²) in [5.41, 5.74) is 1.65. The van der Waals surface area contributed by atoms with E-state index in [4.69, 9.17) is 5.11 Å². The maximum Gasteiger partial charge on any atom is 0.323 e. The van der Waals surface area contributed by atoms with Gasteiger partial charge in [0.1, 0.15) is 6.54 Å². The third kappa shape index (κ3) is 2.80. The molecule has 1 amide bonds. The van der Waals surface area contributed by atoms with Crippen molar-refractivity contribution in [2.75, 3.05) is 13.1 Å². The van der Waals surface area contributed by atoms with E-state index < -0.39 is 12.0 Å². The number of tetrazole rings is 1. The molecule has 25 heavy (non-hydrogen) atoms. The van der Waals surface area contributed by atoms with E-state index in [2.05, 4.69) is 20.4 Å². The number of carbonyl (C=O) groups is 2. The third-order valence-electron chi connectivity index (χ3n) is 4.16. The maximum absolute atomic E-state index is 12.3. The highest BCUT2D eigenvalue weighted by molar-refractivity contribution is 5.86. The lowest BCUT2D eigenvalue weighted by molar-refractivity contribution is -0.143. The molecule has 126 valence electrons. The molecule has 1 N–H and O–H groups in total. The zero-order valence-electron chi connectivity index (χ0n) is 13.1. The lowest BCUT2D eigenvalue weighted by atomic mass is 10.1. The Labute approximate surface area is 141 Å². The summed E-state index contributed by atoms with van der Waals surface area (Å²) >= 11 is 0. The van der Waals surface area contributed by atoms with Gasteiger partial charge in [-0.15, -0.1) is 10.2 Å². The molecular weight excluding hydrogens is 324 g/mol. The van der Waals surface area contributed by atoms with Gasteiger partial charge in [-0.3, -0.25) is 14.6 Å². The normalized spacial score (nSPS) is 17.4. The molecule has 2 aromatic heterocycles. The number of carbonyl (C=O) groups excluding carboxylic acids is 1. The Balaban J connectivity index is 1.59. The van der Waals surface area contributed by atoms with Crippen molar-refractivity contribution >= 4 is 22.8 Å². The monoisotopic (exact) mass is 338 g/mol. The summed E-state index contributed by atoms with van der Waals surface area (Å²) in [6.07, 6.45) is 2.19. The number of hydrogen-bond acceptors (Lipinski definition) is 6. The van der Waals surface area contributed by atoms with E-state index in [-0.39, 0.29) is 12.5 Å². The van der Waals surface area contributed by atoms with E-state index in [0.717, 1.165) is 16.5 Å². The largest absolute Gasteiger partial charge is 0.480 e. The van der Waals surface area contributed by atoms with Crippen molar-refractivity contribution in [1.82, 2.24) is 30.1 Å². The molecule has 1 aromatic carbocycles. The zero-order valence-corrected chi connectivity index (χ0v) is 13.1. The van der Waals surface area contributed by atoms with Gasteiger partial charge in [0.05, 0.1) is 5.52 Å². The first-order valence-corrected chi connectivity index (χ1v) is 7.77.